The summed E-state index contributed by atoms with van der Waals surface area (Å²) < 4.78 is 32.6. The van der Waals surface area contributed by atoms with Crippen molar-refractivity contribution in [3.63, 3.8) is 0 Å². The Labute approximate surface area is 127 Å². The molecule has 3 nitrogen and oxygen atoms in total. The van der Waals surface area contributed by atoms with E-state index < -0.39 is 11.6 Å². The number of ether oxygens (including phenoxy) is 1. The van der Waals surface area contributed by atoms with Gasteiger partial charge in [0.15, 0.2) is 11.6 Å². The summed E-state index contributed by atoms with van der Waals surface area (Å²) in [7, 11) is 0. The lowest BCUT2D eigenvalue weighted by molar-refractivity contribution is 0.403. The van der Waals surface area contributed by atoms with E-state index in [1.165, 1.54) is 12.1 Å². The number of benzene rings is 1. The van der Waals surface area contributed by atoms with E-state index in [1.807, 2.05) is 0 Å². The molecule has 0 N–H and O–H groups in total. The maximum Gasteiger partial charge on any atom is 0.224 e. The van der Waals surface area contributed by atoms with Gasteiger partial charge in [-0.3, -0.25) is 0 Å². The third-order valence-corrected chi connectivity index (χ3v) is 3.46. The average Bonchev–Trinajstić information content (AvgIpc) is 3.18. The van der Waals surface area contributed by atoms with Gasteiger partial charge in [0, 0.05) is 16.5 Å². The second kappa shape index (κ2) is 5.26. The molecule has 0 bridgehead atoms. The molecule has 3 rings (SSSR count). The smallest absolute Gasteiger partial charge is 0.224 e. The van der Waals surface area contributed by atoms with E-state index in [2.05, 4.69) is 25.9 Å². The Morgan fingerprint density at radius 2 is 1.95 bits per heavy atom. The lowest BCUT2D eigenvalue weighted by Crippen LogP contribution is -1.98. The normalized spacial score (nSPS) is 14.4. The first-order valence-corrected chi connectivity index (χ1v) is 7.07. The second-order valence-electron chi connectivity index (χ2n) is 4.46. The van der Waals surface area contributed by atoms with Crippen molar-refractivity contribution in [1.82, 2.24) is 9.97 Å². The van der Waals surface area contributed by atoms with E-state index in [0.717, 1.165) is 18.9 Å². The molecule has 0 saturated heterocycles. The van der Waals surface area contributed by atoms with Crippen LogP contribution in [0.4, 0.5) is 8.78 Å². The minimum absolute atomic E-state index is 0.100. The Morgan fingerprint density at radius 1 is 1.20 bits per heavy atom. The molecule has 104 valence electrons. The number of aromatic nitrogens is 2. The predicted molar refractivity (Wildman–Crippen MR) is 73.1 cm³/mol. The third-order valence-electron chi connectivity index (χ3n) is 2.81. The van der Waals surface area contributed by atoms with Crippen LogP contribution in [0.15, 0.2) is 22.7 Å². The minimum Gasteiger partial charge on any atom is -0.436 e. The van der Waals surface area contributed by atoms with E-state index in [9.17, 15) is 8.78 Å². The molecular weight excluding hydrogens is 354 g/mol. The van der Waals surface area contributed by atoms with Gasteiger partial charge in [-0.2, -0.15) is 9.37 Å². The Balaban J connectivity index is 1.95. The lowest BCUT2D eigenvalue weighted by atomic mass is 10.3. The van der Waals surface area contributed by atoms with Crippen molar-refractivity contribution in [1.29, 1.82) is 0 Å². The van der Waals surface area contributed by atoms with Crippen LogP contribution in [-0.2, 0) is 0 Å². The fraction of sp³-hybridized carbons (Fsp3) is 0.231. The van der Waals surface area contributed by atoms with Gasteiger partial charge >= 0.3 is 0 Å². The first-order chi connectivity index (χ1) is 9.52. The van der Waals surface area contributed by atoms with Crippen LogP contribution in [0.3, 0.4) is 0 Å². The van der Waals surface area contributed by atoms with Crippen molar-refractivity contribution < 1.29 is 13.5 Å². The van der Waals surface area contributed by atoms with Gasteiger partial charge < -0.3 is 4.74 Å². The summed E-state index contributed by atoms with van der Waals surface area (Å²) in [6.45, 7) is 0. The highest BCUT2D eigenvalue weighted by Gasteiger charge is 2.27. The van der Waals surface area contributed by atoms with Crippen molar-refractivity contribution in [2.24, 2.45) is 0 Å². The largest absolute Gasteiger partial charge is 0.436 e. The number of rotatable bonds is 3. The van der Waals surface area contributed by atoms with Crippen molar-refractivity contribution in [3.05, 3.63) is 45.3 Å². The zero-order valence-corrected chi connectivity index (χ0v) is 12.4. The number of halogens is 4. The number of hydrogen-bond donors (Lipinski definition) is 0. The molecule has 1 aliphatic rings. The predicted octanol–water partition coefficient (Wildman–Crippen LogP) is 4.84. The minimum atomic E-state index is -1.07. The summed E-state index contributed by atoms with van der Waals surface area (Å²) in [5, 5.41) is 0.216. The summed E-state index contributed by atoms with van der Waals surface area (Å²) in [5.41, 5.74) is 0. The molecule has 7 heteroatoms. The second-order valence-corrected chi connectivity index (χ2v) is 5.77. The molecule has 2 aromatic rings. The Bertz CT molecular complexity index is 680. The Morgan fingerprint density at radius 3 is 2.65 bits per heavy atom. The standard InChI is InChI=1S/C13H8BrClF2N2O/c14-7-3-8(16)12(17)9(4-7)20-11-5-10(15)18-13(19-11)6-1-2-6/h3-6H,1-2H2. The molecule has 1 aromatic heterocycles. The Kier molecular flexibility index (Phi) is 3.60. The van der Waals surface area contributed by atoms with Gasteiger partial charge in [0.05, 0.1) is 0 Å². The van der Waals surface area contributed by atoms with Crippen molar-refractivity contribution >= 4 is 27.5 Å². The molecule has 0 radical (unpaired) electrons. The van der Waals surface area contributed by atoms with Crippen LogP contribution in [0.5, 0.6) is 11.6 Å². The van der Waals surface area contributed by atoms with Crippen molar-refractivity contribution in [2.45, 2.75) is 18.8 Å². The van der Waals surface area contributed by atoms with Crippen LogP contribution in [0.2, 0.25) is 5.15 Å². The van der Waals surface area contributed by atoms with Crippen LogP contribution in [0.25, 0.3) is 0 Å². The molecule has 0 amide bonds. The summed E-state index contributed by atoms with van der Waals surface area (Å²) in [4.78, 5) is 8.26. The van der Waals surface area contributed by atoms with Gasteiger partial charge in [-0.15, -0.1) is 0 Å². The average molecular weight is 362 g/mol. The lowest BCUT2D eigenvalue weighted by Gasteiger charge is -2.08. The first-order valence-electron chi connectivity index (χ1n) is 5.90. The molecule has 20 heavy (non-hydrogen) atoms. The molecular formula is C13H8BrClF2N2O. The van der Waals surface area contributed by atoms with Gasteiger partial charge in [0.1, 0.15) is 11.0 Å². The van der Waals surface area contributed by atoms with Crippen LogP contribution >= 0.6 is 27.5 Å². The van der Waals surface area contributed by atoms with Crippen LogP contribution < -0.4 is 4.74 Å². The number of nitrogens with zero attached hydrogens (tertiary/aromatic N) is 2. The van der Waals surface area contributed by atoms with E-state index in [0.29, 0.717) is 10.3 Å². The molecule has 0 unspecified atom stereocenters. The highest BCUT2D eigenvalue weighted by Crippen LogP contribution is 2.39. The van der Waals surface area contributed by atoms with Crippen LogP contribution in [0.1, 0.15) is 24.6 Å². The third kappa shape index (κ3) is 2.91. The summed E-state index contributed by atoms with van der Waals surface area (Å²) in [6.07, 6.45) is 2.00. The summed E-state index contributed by atoms with van der Waals surface area (Å²) >= 11 is 8.96. The van der Waals surface area contributed by atoms with E-state index in [1.54, 1.807) is 0 Å². The van der Waals surface area contributed by atoms with Crippen LogP contribution in [0, 0.1) is 11.6 Å². The molecule has 1 fully saturated rings. The molecule has 1 aromatic carbocycles. The highest BCUT2D eigenvalue weighted by atomic mass is 79.9. The van der Waals surface area contributed by atoms with Gasteiger partial charge in [0.2, 0.25) is 11.7 Å². The SMILES string of the molecule is Fc1cc(Br)cc(Oc2cc(Cl)nc(C3CC3)n2)c1F. The van der Waals surface area contributed by atoms with Gasteiger partial charge in [-0.25, -0.2) is 9.37 Å². The molecule has 1 heterocycles. The van der Waals surface area contributed by atoms with Crippen LogP contribution in [-0.4, -0.2) is 9.97 Å². The maximum absolute atomic E-state index is 13.6. The first kappa shape index (κ1) is 13.7. The summed E-state index contributed by atoms with van der Waals surface area (Å²) in [5.74, 6) is -1.38. The number of hydrogen-bond acceptors (Lipinski definition) is 3. The van der Waals surface area contributed by atoms with Gasteiger partial charge in [-0.05, 0) is 25.0 Å². The van der Waals surface area contributed by atoms with Crippen molar-refractivity contribution in [3.8, 4) is 11.6 Å². The summed E-state index contributed by atoms with van der Waals surface area (Å²) in [6, 6.07) is 3.71. The quantitative estimate of drug-likeness (QED) is 0.579. The topological polar surface area (TPSA) is 35.0 Å². The molecule has 0 aliphatic heterocycles. The maximum atomic E-state index is 13.6. The van der Waals surface area contributed by atoms with Gasteiger partial charge in [-0.1, -0.05) is 27.5 Å². The van der Waals surface area contributed by atoms with Gasteiger partial charge in [0.25, 0.3) is 0 Å². The fourth-order valence-corrected chi connectivity index (χ4v) is 2.30. The van der Waals surface area contributed by atoms with E-state index in [-0.39, 0.29) is 22.7 Å². The fourth-order valence-electron chi connectivity index (χ4n) is 1.71. The molecule has 1 saturated carbocycles. The molecule has 0 atom stereocenters. The Hall–Kier alpha value is -1.27. The van der Waals surface area contributed by atoms with E-state index >= 15 is 0 Å². The monoisotopic (exact) mass is 360 g/mol. The zero-order valence-electron chi connectivity index (χ0n) is 10.0. The molecule has 0 spiro atoms. The molecule has 1 aliphatic carbocycles. The zero-order chi connectivity index (χ0) is 14.3. The highest BCUT2D eigenvalue weighted by molar-refractivity contribution is 9.10. The van der Waals surface area contributed by atoms with Crippen molar-refractivity contribution in [2.75, 3.05) is 0 Å². The van der Waals surface area contributed by atoms with E-state index in [4.69, 9.17) is 16.3 Å².